The summed E-state index contributed by atoms with van der Waals surface area (Å²) < 4.78 is 5.57. The molecule has 0 radical (unpaired) electrons. The second-order valence-electron chi connectivity index (χ2n) is 4.73. The van der Waals surface area contributed by atoms with Gasteiger partial charge < -0.3 is 15.8 Å². The molecule has 0 aliphatic rings. The fourth-order valence-electron chi connectivity index (χ4n) is 1.87. The lowest BCUT2D eigenvalue weighted by Crippen LogP contribution is -2.43. The van der Waals surface area contributed by atoms with E-state index in [4.69, 9.17) is 10.5 Å². The molecule has 0 fully saturated rings. The van der Waals surface area contributed by atoms with E-state index < -0.39 is 11.9 Å². The SMILES string of the molecule is CNC(COc1ccc(C(C)C)c(C)c1)C(N)=O. The molecule has 100 valence electrons. The van der Waals surface area contributed by atoms with E-state index in [1.165, 1.54) is 11.1 Å². The van der Waals surface area contributed by atoms with Gasteiger partial charge in [0.15, 0.2) is 0 Å². The molecule has 1 aromatic carbocycles. The number of primary amides is 1. The van der Waals surface area contributed by atoms with Gasteiger partial charge >= 0.3 is 0 Å². The molecule has 3 N–H and O–H groups in total. The van der Waals surface area contributed by atoms with Gasteiger partial charge in [-0.25, -0.2) is 0 Å². The van der Waals surface area contributed by atoms with E-state index in [2.05, 4.69) is 32.2 Å². The predicted octanol–water partition coefficient (Wildman–Crippen LogP) is 1.57. The van der Waals surface area contributed by atoms with Gasteiger partial charge in [0.1, 0.15) is 18.4 Å². The number of carbonyl (C=O) groups is 1. The number of rotatable bonds is 6. The Kier molecular flexibility index (Phi) is 5.16. The minimum atomic E-state index is -0.463. The van der Waals surface area contributed by atoms with E-state index in [9.17, 15) is 4.79 Å². The average Bonchev–Trinajstić information content (AvgIpc) is 2.28. The first-order chi connectivity index (χ1) is 8.45. The summed E-state index contributed by atoms with van der Waals surface area (Å²) in [5.41, 5.74) is 7.73. The summed E-state index contributed by atoms with van der Waals surface area (Å²) >= 11 is 0. The van der Waals surface area contributed by atoms with Crippen LogP contribution in [0.2, 0.25) is 0 Å². The van der Waals surface area contributed by atoms with Gasteiger partial charge in [0.05, 0.1) is 0 Å². The molecule has 0 saturated carbocycles. The van der Waals surface area contributed by atoms with Crippen LogP contribution in [0, 0.1) is 6.92 Å². The highest BCUT2D eigenvalue weighted by atomic mass is 16.5. The molecular formula is C14H22N2O2. The summed E-state index contributed by atoms with van der Waals surface area (Å²) in [5, 5.41) is 2.82. The van der Waals surface area contributed by atoms with E-state index in [1.54, 1.807) is 7.05 Å². The fraction of sp³-hybridized carbons (Fsp3) is 0.500. The highest BCUT2D eigenvalue weighted by molar-refractivity contribution is 5.79. The van der Waals surface area contributed by atoms with Crippen molar-refractivity contribution in [1.82, 2.24) is 5.32 Å². The Morgan fingerprint density at radius 1 is 1.44 bits per heavy atom. The number of carbonyl (C=O) groups excluding carboxylic acids is 1. The molecule has 4 nitrogen and oxygen atoms in total. The Morgan fingerprint density at radius 3 is 2.56 bits per heavy atom. The van der Waals surface area contributed by atoms with Crippen molar-refractivity contribution in [3.63, 3.8) is 0 Å². The number of nitrogens with one attached hydrogen (secondary N) is 1. The minimum Gasteiger partial charge on any atom is -0.491 e. The molecule has 1 atom stereocenters. The first-order valence-corrected chi connectivity index (χ1v) is 6.15. The van der Waals surface area contributed by atoms with Crippen LogP contribution in [0.1, 0.15) is 30.9 Å². The molecule has 0 aromatic heterocycles. The van der Waals surface area contributed by atoms with Gasteiger partial charge in [0.25, 0.3) is 0 Å². The lowest BCUT2D eigenvalue weighted by molar-refractivity contribution is -0.120. The topological polar surface area (TPSA) is 64.3 Å². The van der Waals surface area contributed by atoms with E-state index in [0.29, 0.717) is 5.92 Å². The van der Waals surface area contributed by atoms with Gasteiger partial charge in [-0.15, -0.1) is 0 Å². The Hall–Kier alpha value is -1.55. The van der Waals surface area contributed by atoms with Gasteiger partial charge in [0.2, 0.25) is 5.91 Å². The van der Waals surface area contributed by atoms with Crippen LogP contribution in [-0.4, -0.2) is 25.6 Å². The maximum atomic E-state index is 11.0. The number of hydrogen-bond acceptors (Lipinski definition) is 3. The molecule has 0 saturated heterocycles. The number of hydrogen-bond donors (Lipinski definition) is 2. The summed E-state index contributed by atoms with van der Waals surface area (Å²) in [6.07, 6.45) is 0. The van der Waals surface area contributed by atoms with Crippen LogP contribution in [0.15, 0.2) is 18.2 Å². The summed E-state index contributed by atoms with van der Waals surface area (Å²) in [5.74, 6) is 0.848. The molecule has 0 bridgehead atoms. The van der Waals surface area contributed by atoms with Crippen LogP contribution < -0.4 is 15.8 Å². The van der Waals surface area contributed by atoms with Crippen molar-refractivity contribution >= 4 is 5.91 Å². The maximum Gasteiger partial charge on any atom is 0.238 e. The van der Waals surface area contributed by atoms with Gasteiger partial charge in [-0.2, -0.15) is 0 Å². The molecular weight excluding hydrogens is 228 g/mol. The second kappa shape index (κ2) is 6.40. The lowest BCUT2D eigenvalue weighted by atomic mass is 9.98. The van der Waals surface area contributed by atoms with Crippen molar-refractivity contribution in [1.29, 1.82) is 0 Å². The Bertz CT molecular complexity index is 416. The van der Waals surface area contributed by atoms with Gasteiger partial charge in [-0.3, -0.25) is 4.79 Å². The summed E-state index contributed by atoms with van der Waals surface area (Å²) in [4.78, 5) is 11.0. The first kappa shape index (κ1) is 14.5. The maximum absolute atomic E-state index is 11.0. The number of ether oxygens (including phenoxy) is 1. The van der Waals surface area contributed by atoms with Gasteiger partial charge in [0, 0.05) is 0 Å². The standard InChI is InChI=1S/C14H22N2O2/c1-9(2)12-6-5-11(7-10(12)3)18-8-13(16-4)14(15)17/h5-7,9,13,16H,8H2,1-4H3,(H2,15,17). The van der Waals surface area contributed by atoms with Crippen molar-refractivity contribution in [3.8, 4) is 5.75 Å². The molecule has 0 aliphatic carbocycles. The molecule has 1 amide bonds. The number of aryl methyl sites for hydroxylation is 1. The summed E-state index contributed by atoms with van der Waals surface area (Å²) in [6.45, 7) is 6.62. The first-order valence-electron chi connectivity index (χ1n) is 6.15. The Morgan fingerprint density at radius 2 is 2.11 bits per heavy atom. The molecule has 1 rings (SSSR count). The molecule has 18 heavy (non-hydrogen) atoms. The van der Waals surface area contributed by atoms with Crippen LogP contribution in [0.5, 0.6) is 5.75 Å². The van der Waals surface area contributed by atoms with Crippen LogP contribution in [-0.2, 0) is 4.79 Å². The van der Waals surface area contributed by atoms with Crippen molar-refractivity contribution in [2.75, 3.05) is 13.7 Å². The lowest BCUT2D eigenvalue weighted by Gasteiger charge is -2.15. The quantitative estimate of drug-likeness (QED) is 0.805. The Labute approximate surface area is 109 Å². The van der Waals surface area contributed by atoms with Crippen LogP contribution in [0.4, 0.5) is 0 Å². The van der Waals surface area contributed by atoms with E-state index >= 15 is 0 Å². The molecule has 0 aliphatic heterocycles. The van der Waals surface area contributed by atoms with Crippen LogP contribution in [0.3, 0.4) is 0 Å². The van der Waals surface area contributed by atoms with Crippen molar-refractivity contribution in [2.45, 2.75) is 32.7 Å². The van der Waals surface area contributed by atoms with Gasteiger partial charge in [-0.05, 0) is 43.1 Å². The minimum absolute atomic E-state index is 0.242. The predicted molar refractivity (Wildman–Crippen MR) is 72.8 cm³/mol. The highest BCUT2D eigenvalue weighted by Crippen LogP contribution is 2.23. The van der Waals surface area contributed by atoms with Crippen molar-refractivity contribution < 1.29 is 9.53 Å². The average molecular weight is 250 g/mol. The third-order valence-electron chi connectivity index (χ3n) is 2.97. The highest BCUT2D eigenvalue weighted by Gasteiger charge is 2.13. The zero-order valence-corrected chi connectivity index (χ0v) is 11.5. The monoisotopic (exact) mass is 250 g/mol. The largest absolute Gasteiger partial charge is 0.491 e. The van der Waals surface area contributed by atoms with Crippen molar-refractivity contribution in [3.05, 3.63) is 29.3 Å². The van der Waals surface area contributed by atoms with E-state index in [0.717, 1.165) is 5.75 Å². The number of likely N-dealkylation sites (N-methyl/N-ethyl adjacent to an activating group) is 1. The van der Waals surface area contributed by atoms with Crippen LogP contribution >= 0.6 is 0 Å². The summed E-state index contributed by atoms with van der Waals surface area (Å²) in [6, 6.07) is 5.52. The second-order valence-corrected chi connectivity index (χ2v) is 4.73. The van der Waals surface area contributed by atoms with E-state index in [-0.39, 0.29) is 6.61 Å². The van der Waals surface area contributed by atoms with Gasteiger partial charge in [-0.1, -0.05) is 19.9 Å². The molecule has 0 heterocycles. The molecule has 1 aromatic rings. The third-order valence-corrected chi connectivity index (χ3v) is 2.97. The summed E-state index contributed by atoms with van der Waals surface area (Å²) in [7, 11) is 1.69. The molecule has 4 heteroatoms. The third kappa shape index (κ3) is 3.74. The van der Waals surface area contributed by atoms with Crippen molar-refractivity contribution in [2.24, 2.45) is 5.73 Å². The Balaban J connectivity index is 2.69. The molecule has 1 unspecified atom stereocenters. The van der Waals surface area contributed by atoms with E-state index in [1.807, 2.05) is 12.1 Å². The van der Waals surface area contributed by atoms with Crippen LogP contribution in [0.25, 0.3) is 0 Å². The number of amides is 1. The smallest absolute Gasteiger partial charge is 0.238 e. The zero-order valence-electron chi connectivity index (χ0n) is 11.5. The number of benzene rings is 1. The molecule has 0 spiro atoms. The normalized spacial score (nSPS) is 12.5. The number of nitrogens with two attached hydrogens (primary N) is 1. The zero-order chi connectivity index (χ0) is 13.7. The fourth-order valence-corrected chi connectivity index (χ4v) is 1.87.